The summed E-state index contributed by atoms with van der Waals surface area (Å²) >= 11 is 0. The van der Waals surface area contributed by atoms with Crippen molar-refractivity contribution in [3.05, 3.63) is 65.5 Å². The quantitative estimate of drug-likeness (QED) is 0.904. The van der Waals surface area contributed by atoms with Crippen LogP contribution in [0.4, 0.5) is 0 Å². The van der Waals surface area contributed by atoms with Gasteiger partial charge in [0.1, 0.15) is 0 Å². The number of benzene rings is 1. The molecule has 0 aliphatic carbocycles. The first-order chi connectivity index (χ1) is 10.2. The molecule has 3 rings (SSSR count). The molecule has 1 aliphatic heterocycles. The van der Waals surface area contributed by atoms with Gasteiger partial charge in [0, 0.05) is 12.7 Å². The Labute approximate surface area is 124 Å². The lowest BCUT2D eigenvalue weighted by atomic mass is 9.95. The van der Waals surface area contributed by atoms with Crippen molar-refractivity contribution >= 4 is 5.91 Å². The van der Waals surface area contributed by atoms with Crippen LogP contribution in [0, 0.1) is 0 Å². The summed E-state index contributed by atoms with van der Waals surface area (Å²) in [6.45, 7) is 2.70. The molecular weight excluding hydrogens is 262 g/mol. The van der Waals surface area contributed by atoms with Crippen LogP contribution in [0.25, 0.3) is 0 Å². The molecule has 2 heterocycles. The van der Waals surface area contributed by atoms with Gasteiger partial charge >= 0.3 is 0 Å². The second kappa shape index (κ2) is 6.06. The maximum absolute atomic E-state index is 12.4. The molecular formula is C17H19N3O. The third-order valence-electron chi connectivity index (χ3n) is 3.89. The summed E-state index contributed by atoms with van der Waals surface area (Å²) in [6, 6.07) is 13.7. The van der Waals surface area contributed by atoms with Gasteiger partial charge in [0.15, 0.2) is 0 Å². The molecule has 4 nitrogen and oxygen atoms in total. The molecule has 0 fully saturated rings. The summed E-state index contributed by atoms with van der Waals surface area (Å²) in [7, 11) is 0. The van der Waals surface area contributed by atoms with Crippen molar-refractivity contribution < 1.29 is 4.79 Å². The largest absolute Gasteiger partial charge is 0.347 e. The SMILES string of the molecule is C[C@@H](NC(=O)[C@H]1Cc2ccccc2CN1)c1ccccn1. The third-order valence-corrected chi connectivity index (χ3v) is 3.89. The number of nitrogens with zero attached hydrogens (tertiary/aromatic N) is 1. The molecule has 0 unspecified atom stereocenters. The number of aromatic nitrogens is 1. The minimum absolute atomic E-state index is 0.0302. The molecule has 1 amide bonds. The maximum atomic E-state index is 12.4. The highest BCUT2D eigenvalue weighted by Crippen LogP contribution is 2.17. The van der Waals surface area contributed by atoms with E-state index < -0.39 is 0 Å². The standard InChI is InChI=1S/C17H19N3O/c1-12(15-8-4-5-9-18-15)20-17(21)16-10-13-6-2-3-7-14(13)11-19-16/h2-9,12,16,19H,10-11H2,1H3,(H,20,21)/t12-,16-/m1/s1. The molecule has 108 valence electrons. The van der Waals surface area contributed by atoms with E-state index in [4.69, 9.17) is 0 Å². The lowest BCUT2D eigenvalue weighted by Gasteiger charge is -2.26. The zero-order chi connectivity index (χ0) is 14.7. The van der Waals surface area contributed by atoms with Crippen LogP contribution in [-0.2, 0) is 17.8 Å². The summed E-state index contributed by atoms with van der Waals surface area (Å²) in [5, 5.41) is 6.33. The fourth-order valence-electron chi connectivity index (χ4n) is 2.66. The molecule has 0 saturated carbocycles. The Hall–Kier alpha value is -2.20. The van der Waals surface area contributed by atoms with E-state index in [0.717, 1.165) is 18.7 Å². The number of rotatable bonds is 3. The lowest BCUT2D eigenvalue weighted by molar-refractivity contribution is -0.124. The molecule has 2 N–H and O–H groups in total. The monoisotopic (exact) mass is 281 g/mol. The van der Waals surface area contributed by atoms with Crippen LogP contribution in [0.2, 0.25) is 0 Å². The first-order valence-corrected chi connectivity index (χ1v) is 7.25. The fourth-order valence-corrected chi connectivity index (χ4v) is 2.66. The Morgan fingerprint density at radius 2 is 2.00 bits per heavy atom. The van der Waals surface area contributed by atoms with E-state index in [1.54, 1.807) is 6.20 Å². The smallest absolute Gasteiger partial charge is 0.238 e. The molecule has 0 saturated heterocycles. The molecule has 4 heteroatoms. The summed E-state index contributed by atoms with van der Waals surface area (Å²) in [5.74, 6) is 0.0302. The number of amides is 1. The molecule has 1 aliphatic rings. The van der Waals surface area contributed by atoms with E-state index in [1.807, 2.05) is 37.3 Å². The minimum atomic E-state index is -0.175. The highest BCUT2D eigenvalue weighted by atomic mass is 16.2. The Kier molecular flexibility index (Phi) is 3.97. The summed E-state index contributed by atoms with van der Waals surface area (Å²) in [5.41, 5.74) is 3.41. The molecule has 0 bridgehead atoms. The van der Waals surface area contributed by atoms with Crippen molar-refractivity contribution in [3.8, 4) is 0 Å². The number of pyridine rings is 1. The van der Waals surface area contributed by atoms with Crippen LogP contribution in [0.5, 0.6) is 0 Å². The Morgan fingerprint density at radius 3 is 2.76 bits per heavy atom. The average molecular weight is 281 g/mol. The van der Waals surface area contributed by atoms with E-state index in [2.05, 4.69) is 27.8 Å². The summed E-state index contributed by atoms with van der Waals surface area (Å²) in [4.78, 5) is 16.7. The molecule has 1 aromatic carbocycles. The maximum Gasteiger partial charge on any atom is 0.238 e. The van der Waals surface area contributed by atoms with Gasteiger partial charge in [0.05, 0.1) is 17.8 Å². The van der Waals surface area contributed by atoms with Crippen molar-refractivity contribution in [2.75, 3.05) is 0 Å². The van der Waals surface area contributed by atoms with Gasteiger partial charge in [-0.05, 0) is 36.6 Å². The Bertz CT molecular complexity index is 627. The highest BCUT2D eigenvalue weighted by molar-refractivity contribution is 5.82. The normalized spacial score (nSPS) is 18.6. The van der Waals surface area contributed by atoms with E-state index in [0.29, 0.717) is 0 Å². The van der Waals surface area contributed by atoms with Crippen LogP contribution in [0.3, 0.4) is 0 Å². The van der Waals surface area contributed by atoms with Crippen LogP contribution >= 0.6 is 0 Å². The van der Waals surface area contributed by atoms with Gasteiger partial charge in [0.25, 0.3) is 0 Å². The molecule has 0 radical (unpaired) electrons. The summed E-state index contributed by atoms with van der Waals surface area (Å²) < 4.78 is 0. The number of nitrogens with one attached hydrogen (secondary N) is 2. The molecule has 0 spiro atoms. The zero-order valence-electron chi connectivity index (χ0n) is 12.0. The Morgan fingerprint density at radius 1 is 1.24 bits per heavy atom. The predicted octanol–water partition coefficient (Wildman–Crippen LogP) is 1.97. The summed E-state index contributed by atoms with van der Waals surface area (Å²) in [6.07, 6.45) is 2.48. The number of carbonyl (C=O) groups excluding carboxylic acids is 1. The lowest BCUT2D eigenvalue weighted by Crippen LogP contribution is -2.48. The Balaban J connectivity index is 1.65. The predicted molar refractivity (Wildman–Crippen MR) is 81.6 cm³/mol. The van der Waals surface area contributed by atoms with E-state index in [1.165, 1.54) is 11.1 Å². The van der Waals surface area contributed by atoms with E-state index in [9.17, 15) is 4.79 Å². The number of carbonyl (C=O) groups is 1. The van der Waals surface area contributed by atoms with Gasteiger partial charge in [0.2, 0.25) is 5.91 Å². The van der Waals surface area contributed by atoms with Crippen molar-refractivity contribution in [3.63, 3.8) is 0 Å². The van der Waals surface area contributed by atoms with Gasteiger partial charge in [-0.2, -0.15) is 0 Å². The van der Waals surface area contributed by atoms with Gasteiger partial charge in [-0.25, -0.2) is 0 Å². The fraction of sp³-hybridized carbons (Fsp3) is 0.294. The van der Waals surface area contributed by atoms with Gasteiger partial charge in [-0.3, -0.25) is 9.78 Å². The van der Waals surface area contributed by atoms with Crippen LogP contribution in [0.1, 0.15) is 29.8 Å². The van der Waals surface area contributed by atoms with Gasteiger partial charge < -0.3 is 10.6 Å². The molecule has 2 atom stereocenters. The minimum Gasteiger partial charge on any atom is -0.347 e. The van der Waals surface area contributed by atoms with Gasteiger partial charge in [-0.15, -0.1) is 0 Å². The van der Waals surface area contributed by atoms with Crippen LogP contribution in [0.15, 0.2) is 48.7 Å². The zero-order valence-corrected chi connectivity index (χ0v) is 12.0. The van der Waals surface area contributed by atoms with Crippen molar-refractivity contribution in [1.29, 1.82) is 0 Å². The van der Waals surface area contributed by atoms with Crippen LogP contribution in [-0.4, -0.2) is 16.9 Å². The van der Waals surface area contributed by atoms with Crippen molar-refractivity contribution in [1.82, 2.24) is 15.6 Å². The topological polar surface area (TPSA) is 54.0 Å². The number of hydrogen-bond acceptors (Lipinski definition) is 3. The number of hydrogen-bond donors (Lipinski definition) is 2. The number of fused-ring (bicyclic) bond motifs is 1. The molecule has 1 aromatic heterocycles. The second-order valence-electron chi connectivity index (χ2n) is 5.39. The highest BCUT2D eigenvalue weighted by Gasteiger charge is 2.25. The van der Waals surface area contributed by atoms with Crippen molar-refractivity contribution in [2.24, 2.45) is 0 Å². The molecule has 2 aromatic rings. The van der Waals surface area contributed by atoms with Crippen molar-refractivity contribution in [2.45, 2.75) is 32.0 Å². The molecule has 21 heavy (non-hydrogen) atoms. The third kappa shape index (κ3) is 3.11. The van der Waals surface area contributed by atoms with Gasteiger partial charge in [-0.1, -0.05) is 30.3 Å². The second-order valence-corrected chi connectivity index (χ2v) is 5.39. The first-order valence-electron chi connectivity index (χ1n) is 7.25. The van der Waals surface area contributed by atoms with E-state index in [-0.39, 0.29) is 18.0 Å². The first kappa shape index (κ1) is 13.8. The van der Waals surface area contributed by atoms with Crippen LogP contribution < -0.4 is 10.6 Å². The average Bonchev–Trinajstić information content (AvgIpc) is 2.55. The van der Waals surface area contributed by atoms with E-state index >= 15 is 0 Å².